The van der Waals surface area contributed by atoms with Crippen LogP contribution in [0.25, 0.3) is 0 Å². The zero-order valence-electron chi connectivity index (χ0n) is 16.5. The molecule has 6 heteroatoms. The number of nitrogens with one attached hydrogen (secondary N) is 4. The van der Waals surface area contributed by atoms with E-state index in [1.807, 2.05) is 31.2 Å². The zero-order chi connectivity index (χ0) is 19.8. The molecule has 3 rings (SSSR count). The summed E-state index contributed by atoms with van der Waals surface area (Å²) in [6, 6.07) is 8.61. The summed E-state index contributed by atoms with van der Waals surface area (Å²) in [4.78, 5) is 4.19. The van der Waals surface area contributed by atoms with Crippen molar-refractivity contribution in [2.24, 2.45) is 4.99 Å². The summed E-state index contributed by atoms with van der Waals surface area (Å²) in [7, 11) is 0. The number of amidine groups is 1. The van der Waals surface area contributed by atoms with E-state index in [9.17, 15) is 4.39 Å². The van der Waals surface area contributed by atoms with Gasteiger partial charge in [0.2, 0.25) is 0 Å². The third kappa shape index (κ3) is 6.23. The average Bonchev–Trinajstić information content (AvgIpc) is 2.68. The molecule has 0 aromatic heterocycles. The van der Waals surface area contributed by atoms with Gasteiger partial charge in [0, 0.05) is 36.5 Å². The molecule has 1 saturated carbocycles. The average molecular weight is 384 g/mol. The number of benzene rings is 1. The van der Waals surface area contributed by atoms with E-state index in [4.69, 9.17) is 0 Å². The zero-order valence-corrected chi connectivity index (χ0v) is 16.5. The van der Waals surface area contributed by atoms with Crippen molar-refractivity contribution in [2.45, 2.75) is 44.7 Å². The molecule has 5 nitrogen and oxygen atoms in total. The first-order chi connectivity index (χ1) is 13.6. The molecule has 1 aromatic rings. The molecule has 2 aliphatic rings. The van der Waals surface area contributed by atoms with Gasteiger partial charge in [0.1, 0.15) is 5.84 Å². The molecule has 2 atom stereocenters. The molecular weight excluding hydrogens is 353 g/mol. The van der Waals surface area contributed by atoms with Gasteiger partial charge in [-0.2, -0.15) is 0 Å². The fourth-order valence-electron chi connectivity index (χ4n) is 3.58. The predicted molar refractivity (Wildman–Crippen MR) is 116 cm³/mol. The third-order valence-corrected chi connectivity index (χ3v) is 5.02. The highest BCUT2D eigenvalue weighted by atomic mass is 19.1. The van der Waals surface area contributed by atoms with Crippen molar-refractivity contribution in [3.8, 4) is 0 Å². The maximum Gasteiger partial charge on any atom is 0.163 e. The highest BCUT2D eigenvalue weighted by Crippen LogP contribution is 2.21. The van der Waals surface area contributed by atoms with Crippen molar-refractivity contribution in [1.82, 2.24) is 10.6 Å². The Morgan fingerprint density at radius 3 is 2.79 bits per heavy atom. The molecule has 1 aromatic carbocycles. The van der Waals surface area contributed by atoms with Crippen LogP contribution >= 0.6 is 0 Å². The molecule has 0 spiro atoms. The lowest BCUT2D eigenvalue weighted by Gasteiger charge is -2.31. The molecule has 0 radical (unpaired) electrons. The van der Waals surface area contributed by atoms with Gasteiger partial charge in [0.05, 0.1) is 11.9 Å². The van der Waals surface area contributed by atoms with E-state index in [-0.39, 0.29) is 6.04 Å². The monoisotopic (exact) mass is 383 g/mol. The highest BCUT2D eigenvalue weighted by molar-refractivity contribution is 5.94. The minimum absolute atomic E-state index is 0.232. The lowest BCUT2D eigenvalue weighted by atomic mass is 9.90. The molecule has 1 fully saturated rings. The Morgan fingerprint density at radius 2 is 1.89 bits per heavy atom. The molecule has 2 unspecified atom stereocenters. The summed E-state index contributed by atoms with van der Waals surface area (Å²) in [5.74, 6) is 0.173. The van der Waals surface area contributed by atoms with Crippen LogP contribution in [0.2, 0.25) is 0 Å². The van der Waals surface area contributed by atoms with Crippen LogP contribution in [-0.4, -0.2) is 31.0 Å². The molecule has 1 aliphatic carbocycles. The largest absolute Gasteiger partial charge is 0.382 e. The normalized spacial score (nSPS) is 25.4. The van der Waals surface area contributed by atoms with E-state index in [0.29, 0.717) is 17.6 Å². The number of allylic oxidation sites excluding steroid dienone is 1. The summed E-state index contributed by atoms with van der Waals surface area (Å²) >= 11 is 0. The molecule has 0 saturated heterocycles. The number of nitrogens with zero attached hydrogens (tertiary/aromatic N) is 1. The van der Waals surface area contributed by atoms with Gasteiger partial charge < -0.3 is 21.3 Å². The van der Waals surface area contributed by atoms with Crippen molar-refractivity contribution < 1.29 is 4.39 Å². The molecule has 150 valence electrons. The summed E-state index contributed by atoms with van der Waals surface area (Å²) in [5, 5.41) is 13.4. The van der Waals surface area contributed by atoms with E-state index in [2.05, 4.69) is 45.0 Å². The van der Waals surface area contributed by atoms with Crippen LogP contribution in [-0.2, 0) is 0 Å². The quantitative estimate of drug-likeness (QED) is 0.504. The number of anilines is 2. The Bertz CT molecular complexity index is 768. The molecular formula is C22H30FN5. The number of halogens is 1. The first-order valence-electron chi connectivity index (χ1n) is 9.95. The first kappa shape index (κ1) is 20.1. The second kappa shape index (κ2) is 10.1. The van der Waals surface area contributed by atoms with Crippen molar-refractivity contribution in [1.29, 1.82) is 0 Å². The first-order valence-corrected chi connectivity index (χ1v) is 9.95. The van der Waals surface area contributed by atoms with E-state index in [1.54, 1.807) is 0 Å². The highest BCUT2D eigenvalue weighted by Gasteiger charge is 2.22. The summed E-state index contributed by atoms with van der Waals surface area (Å²) < 4.78 is 14.4. The van der Waals surface area contributed by atoms with Crippen molar-refractivity contribution >= 4 is 17.2 Å². The van der Waals surface area contributed by atoms with Crippen molar-refractivity contribution in [3.05, 3.63) is 60.7 Å². The second-order valence-electron chi connectivity index (χ2n) is 7.34. The van der Waals surface area contributed by atoms with Crippen LogP contribution < -0.4 is 21.3 Å². The van der Waals surface area contributed by atoms with Crippen LogP contribution in [0.4, 0.5) is 15.8 Å². The van der Waals surface area contributed by atoms with Crippen molar-refractivity contribution in [3.63, 3.8) is 0 Å². The smallest absolute Gasteiger partial charge is 0.163 e. The van der Waals surface area contributed by atoms with Gasteiger partial charge in [-0.3, -0.25) is 0 Å². The van der Waals surface area contributed by atoms with Gasteiger partial charge in [0.15, 0.2) is 5.83 Å². The Morgan fingerprint density at radius 1 is 1.11 bits per heavy atom. The van der Waals surface area contributed by atoms with E-state index >= 15 is 0 Å². The Labute approximate surface area is 166 Å². The molecule has 28 heavy (non-hydrogen) atoms. The van der Waals surface area contributed by atoms with Gasteiger partial charge in [-0.1, -0.05) is 24.8 Å². The maximum atomic E-state index is 14.4. The van der Waals surface area contributed by atoms with E-state index in [0.717, 1.165) is 50.1 Å². The van der Waals surface area contributed by atoms with Crippen LogP contribution in [0.5, 0.6) is 0 Å². The predicted octanol–water partition coefficient (Wildman–Crippen LogP) is 4.31. The molecule has 1 heterocycles. The number of aliphatic imine (C=N–C) groups is 1. The van der Waals surface area contributed by atoms with Gasteiger partial charge in [-0.05, 0) is 50.8 Å². The fourth-order valence-corrected chi connectivity index (χ4v) is 3.58. The Kier molecular flexibility index (Phi) is 7.25. The van der Waals surface area contributed by atoms with Crippen LogP contribution in [0.15, 0.2) is 65.7 Å². The lowest BCUT2D eigenvalue weighted by Crippen LogP contribution is -2.41. The summed E-state index contributed by atoms with van der Waals surface area (Å²) in [6.07, 6.45) is 9.77. The fraction of sp³-hybridized carbons (Fsp3) is 0.409. The number of fused-ring (bicyclic) bond motifs is 4. The van der Waals surface area contributed by atoms with E-state index in [1.165, 1.54) is 6.20 Å². The van der Waals surface area contributed by atoms with Crippen molar-refractivity contribution in [2.75, 3.05) is 23.7 Å². The second-order valence-corrected chi connectivity index (χ2v) is 7.34. The van der Waals surface area contributed by atoms with Gasteiger partial charge in [-0.15, -0.1) is 0 Å². The maximum absolute atomic E-state index is 14.4. The van der Waals surface area contributed by atoms with Gasteiger partial charge in [0.25, 0.3) is 0 Å². The van der Waals surface area contributed by atoms with Crippen LogP contribution in [0.3, 0.4) is 0 Å². The summed E-state index contributed by atoms with van der Waals surface area (Å²) in [5.41, 5.74) is 2.21. The Balaban J connectivity index is 1.76. The minimum Gasteiger partial charge on any atom is -0.382 e. The molecule has 4 bridgehead atoms. The van der Waals surface area contributed by atoms with E-state index < -0.39 is 5.83 Å². The van der Waals surface area contributed by atoms with Crippen LogP contribution in [0, 0.1) is 0 Å². The van der Waals surface area contributed by atoms with Gasteiger partial charge in [-0.25, -0.2) is 9.38 Å². The third-order valence-electron chi connectivity index (χ3n) is 5.02. The summed E-state index contributed by atoms with van der Waals surface area (Å²) in [6.45, 7) is 7.26. The topological polar surface area (TPSA) is 60.5 Å². The molecule has 4 N–H and O–H groups in total. The molecule has 0 amide bonds. The number of hydrogen-bond donors (Lipinski definition) is 4. The number of rotatable bonds is 0. The minimum atomic E-state index is -0.438. The Hall–Kier alpha value is -2.60. The standard InChI is InChI=1S/C22H30FN5/c1-16-22(23)15-26-17(2)28-21-10-6-8-19(14-21)25-12-4-3-11-24-18-7-5-9-20(13-18)27-16/h3-4,6,8,10,14-15,18,20,24-25,27H,1,5,7,9,11-13H2,2H3,(H,26,28)/b4-3+,22-15?. The van der Waals surface area contributed by atoms with Gasteiger partial charge >= 0.3 is 0 Å². The lowest BCUT2D eigenvalue weighted by molar-refractivity contribution is 0.320. The SMILES string of the molecule is C=C1NC2CCCC(C2)NC/C=C/CNc2cccc(c2)NC(C)=NC=C1F. The van der Waals surface area contributed by atoms with Crippen LogP contribution in [0.1, 0.15) is 32.6 Å². The number of hydrogen-bond acceptors (Lipinski definition) is 5. The molecule has 1 aliphatic heterocycles.